The quantitative estimate of drug-likeness (QED) is 0.669. The topological polar surface area (TPSA) is 73.0 Å². The lowest BCUT2D eigenvalue weighted by Crippen LogP contribution is -2.52. The predicted octanol–water partition coefficient (Wildman–Crippen LogP) is 3.66. The first-order valence-corrected chi connectivity index (χ1v) is 13.3. The lowest BCUT2D eigenvalue weighted by molar-refractivity contribution is -0.120. The van der Waals surface area contributed by atoms with Gasteiger partial charge in [0.05, 0.1) is 10.9 Å². The number of sulfonamides is 1. The van der Waals surface area contributed by atoms with Gasteiger partial charge in [-0.1, -0.05) is 30.2 Å². The molecule has 0 radical (unpaired) electrons. The third-order valence-electron chi connectivity index (χ3n) is 6.47. The molecule has 2 fully saturated rings. The highest BCUT2D eigenvalue weighted by Gasteiger charge is 2.28. The Kier molecular flexibility index (Phi) is 7.58. The number of benzene rings is 2. The second kappa shape index (κ2) is 10.4. The monoisotopic (exact) mass is 490 g/mol. The summed E-state index contributed by atoms with van der Waals surface area (Å²) in [6.45, 7) is 6.12. The molecule has 1 unspecified atom stereocenters. The van der Waals surface area contributed by atoms with Crippen molar-refractivity contribution in [1.82, 2.24) is 9.21 Å². The number of hydrogen-bond donors (Lipinski definition) is 1. The average molecular weight is 491 g/mol. The molecule has 2 aliphatic rings. The van der Waals surface area contributed by atoms with Crippen LogP contribution < -0.4 is 10.2 Å². The van der Waals surface area contributed by atoms with Crippen molar-refractivity contribution in [3.63, 3.8) is 0 Å². The van der Waals surface area contributed by atoms with E-state index in [1.807, 2.05) is 31.2 Å². The number of amides is 1. The average Bonchev–Trinajstić information content (AvgIpc) is 2.84. The largest absolute Gasteiger partial charge is 0.369 e. The van der Waals surface area contributed by atoms with Crippen LogP contribution in [0.2, 0.25) is 5.02 Å². The van der Waals surface area contributed by atoms with Crippen molar-refractivity contribution in [2.24, 2.45) is 0 Å². The Morgan fingerprint density at radius 3 is 2.33 bits per heavy atom. The van der Waals surface area contributed by atoms with Crippen LogP contribution in [0.4, 0.5) is 11.4 Å². The van der Waals surface area contributed by atoms with Crippen LogP contribution in [0.15, 0.2) is 53.4 Å². The zero-order chi connectivity index (χ0) is 23.4. The van der Waals surface area contributed by atoms with Gasteiger partial charge in [-0.2, -0.15) is 4.31 Å². The maximum absolute atomic E-state index is 13.0. The first-order valence-electron chi connectivity index (χ1n) is 11.5. The summed E-state index contributed by atoms with van der Waals surface area (Å²) < 4.78 is 27.5. The maximum atomic E-state index is 13.0. The Balaban J connectivity index is 1.36. The Labute approximate surface area is 201 Å². The number of nitrogens with one attached hydrogen (secondary N) is 1. The molecule has 2 heterocycles. The van der Waals surface area contributed by atoms with Crippen molar-refractivity contribution in [3.8, 4) is 0 Å². The molecule has 1 amide bonds. The number of halogens is 1. The third kappa shape index (κ3) is 5.69. The van der Waals surface area contributed by atoms with E-state index >= 15 is 0 Å². The molecule has 0 bridgehead atoms. The van der Waals surface area contributed by atoms with Crippen molar-refractivity contribution in [2.45, 2.75) is 37.1 Å². The lowest BCUT2D eigenvalue weighted by Gasteiger charge is -2.38. The third-order valence-corrected chi connectivity index (χ3v) is 8.60. The van der Waals surface area contributed by atoms with Gasteiger partial charge in [0.15, 0.2) is 0 Å². The summed E-state index contributed by atoms with van der Waals surface area (Å²) in [6.07, 6.45) is 2.84. The number of anilines is 2. The van der Waals surface area contributed by atoms with E-state index in [1.165, 1.54) is 0 Å². The molecule has 0 saturated carbocycles. The minimum atomic E-state index is -3.54. The second-order valence-electron chi connectivity index (χ2n) is 8.66. The van der Waals surface area contributed by atoms with E-state index < -0.39 is 10.0 Å². The second-order valence-corrected chi connectivity index (χ2v) is 11.0. The Bertz CT molecular complexity index is 1080. The zero-order valence-electron chi connectivity index (χ0n) is 18.9. The van der Waals surface area contributed by atoms with E-state index in [4.69, 9.17) is 11.6 Å². The Hall–Kier alpha value is -2.13. The fourth-order valence-electron chi connectivity index (χ4n) is 4.44. The molecular formula is C24H31ClN4O3S. The minimum absolute atomic E-state index is 0.140. The molecule has 4 rings (SSSR count). The number of carbonyl (C=O) groups excluding carboxylic acids is 1. The molecule has 0 aliphatic carbocycles. The number of piperidine rings is 1. The van der Waals surface area contributed by atoms with E-state index in [2.05, 4.69) is 15.1 Å². The van der Waals surface area contributed by atoms with Crippen LogP contribution in [0.1, 0.15) is 26.2 Å². The molecule has 1 N–H and O–H groups in total. The van der Waals surface area contributed by atoms with E-state index in [9.17, 15) is 13.2 Å². The van der Waals surface area contributed by atoms with E-state index in [0.29, 0.717) is 23.8 Å². The molecular weight excluding hydrogens is 460 g/mol. The minimum Gasteiger partial charge on any atom is -0.369 e. The van der Waals surface area contributed by atoms with Crippen LogP contribution in [-0.4, -0.2) is 68.8 Å². The molecule has 178 valence electrons. The molecule has 33 heavy (non-hydrogen) atoms. The van der Waals surface area contributed by atoms with Crippen LogP contribution in [0, 0.1) is 0 Å². The van der Waals surface area contributed by atoms with Gasteiger partial charge in [-0.25, -0.2) is 8.42 Å². The highest BCUT2D eigenvalue weighted by Crippen LogP contribution is 2.24. The molecule has 2 saturated heterocycles. The van der Waals surface area contributed by atoms with Crippen molar-refractivity contribution in [2.75, 3.05) is 49.5 Å². The molecule has 2 aliphatic heterocycles. The number of carbonyl (C=O) groups is 1. The summed E-state index contributed by atoms with van der Waals surface area (Å²) in [4.78, 5) is 17.6. The van der Waals surface area contributed by atoms with Crippen LogP contribution in [-0.2, 0) is 14.8 Å². The molecule has 0 aromatic heterocycles. The van der Waals surface area contributed by atoms with E-state index in [-0.39, 0.29) is 16.8 Å². The van der Waals surface area contributed by atoms with Crippen LogP contribution >= 0.6 is 11.6 Å². The van der Waals surface area contributed by atoms with Crippen molar-refractivity contribution in [3.05, 3.63) is 53.6 Å². The molecule has 9 heteroatoms. The summed E-state index contributed by atoms with van der Waals surface area (Å²) in [5, 5.41) is 3.63. The Morgan fingerprint density at radius 1 is 0.939 bits per heavy atom. The van der Waals surface area contributed by atoms with Crippen molar-refractivity contribution in [1.29, 1.82) is 0 Å². The highest BCUT2D eigenvalue weighted by atomic mass is 35.5. The zero-order valence-corrected chi connectivity index (χ0v) is 20.5. The normalized spacial score (nSPS) is 19.3. The van der Waals surface area contributed by atoms with Gasteiger partial charge in [0.2, 0.25) is 15.9 Å². The fraction of sp³-hybridized carbons (Fsp3) is 0.458. The Morgan fingerprint density at radius 2 is 1.64 bits per heavy atom. The molecule has 1 atom stereocenters. The van der Waals surface area contributed by atoms with Gasteiger partial charge < -0.3 is 10.2 Å². The number of piperazine rings is 1. The van der Waals surface area contributed by atoms with Gasteiger partial charge in [0, 0.05) is 55.7 Å². The van der Waals surface area contributed by atoms with E-state index in [1.54, 1.807) is 28.6 Å². The summed E-state index contributed by atoms with van der Waals surface area (Å²) in [6, 6.07) is 14.1. The fourth-order valence-corrected chi connectivity index (χ4v) is 6.19. The molecule has 2 aromatic rings. The van der Waals surface area contributed by atoms with Gasteiger partial charge in [-0.15, -0.1) is 0 Å². The van der Waals surface area contributed by atoms with Gasteiger partial charge >= 0.3 is 0 Å². The summed E-state index contributed by atoms with van der Waals surface area (Å²) >= 11 is 6.11. The van der Waals surface area contributed by atoms with Gasteiger partial charge in [-0.05, 0) is 56.2 Å². The lowest BCUT2D eigenvalue weighted by atomic mass is 10.2. The van der Waals surface area contributed by atoms with E-state index in [0.717, 1.165) is 51.1 Å². The first kappa shape index (κ1) is 24.0. The molecule has 7 nitrogen and oxygen atoms in total. The summed E-state index contributed by atoms with van der Waals surface area (Å²) in [7, 11) is -3.54. The van der Waals surface area contributed by atoms with Crippen LogP contribution in [0.5, 0.6) is 0 Å². The number of hydrogen-bond acceptors (Lipinski definition) is 5. The standard InChI is InChI=1S/C24H31ClN4O3S/c1-19(27-13-15-28(16-14-27)22-9-5-7-20(25)17-22)24(30)26-21-8-6-10-23(18-21)33(31,32)29-11-3-2-4-12-29/h5-10,17-19H,2-4,11-16H2,1H3,(H,26,30). The van der Waals surface area contributed by atoms with Crippen molar-refractivity contribution < 1.29 is 13.2 Å². The predicted molar refractivity (Wildman–Crippen MR) is 132 cm³/mol. The van der Waals surface area contributed by atoms with Gasteiger partial charge in [-0.3, -0.25) is 9.69 Å². The van der Waals surface area contributed by atoms with Gasteiger partial charge in [0.1, 0.15) is 0 Å². The highest BCUT2D eigenvalue weighted by molar-refractivity contribution is 7.89. The summed E-state index contributed by atoms with van der Waals surface area (Å²) in [5.74, 6) is -0.140. The first-order chi connectivity index (χ1) is 15.8. The van der Waals surface area contributed by atoms with Crippen LogP contribution in [0.3, 0.4) is 0 Å². The maximum Gasteiger partial charge on any atom is 0.243 e. The molecule has 2 aromatic carbocycles. The number of rotatable bonds is 6. The SMILES string of the molecule is CC(C(=O)Nc1cccc(S(=O)(=O)N2CCCCC2)c1)N1CCN(c2cccc(Cl)c2)CC1. The van der Waals surface area contributed by atoms with Crippen LogP contribution in [0.25, 0.3) is 0 Å². The molecule has 0 spiro atoms. The summed E-state index contributed by atoms with van der Waals surface area (Å²) in [5.41, 5.74) is 1.59. The number of nitrogens with zero attached hydrogens (tertiary/aromatic N) is 3. The van der Waals surface area contributed by atoms with Crippen molar-refractivity contribution >= 4 is 38.9 Å². The smallest absolute Gasteiger partial charge is 0.243 e. The van der Waals surface area contributed by atoms with Gasteiger partial charge in [0.25, 0.3) is 0 Å².